The number of β-amino-alcohol motifs (C(OH)–C–C–N with tert-alkyl or cyclic N) is 1. The normalized spacial score (nSPS) is 15.9. The van der Waals surface area contributed by atoms with Crippen LogP contribution < -0.4 is 9.47 Å². The van der Waals surface area contributed by atoms with Crippen LogP contribution in [0.3, 0.4) is 0 Å². The number of rotatable bonds is 4. The lowest BCUT2D eigenvalue weighted by atomic mass is 9.94. The molecule has 0 radical (unpaired) electrons. The number of hydrogen-bond donors (Lipinski definition) is 1. The van der Waals surface area contributed by atoms with Crippen molar-refractivity contribution in [1.29, 1.82) is 0 Å². The van der Waals surface area contributed by atoms with Crippen LogP contribution in [0.4, 0.5) is 13.2 Å². The molecule has 0 spiro atoms. The molecule has 7 nitrogen and oxygen atoms in total. The summed E-state index contributed by atoms with van der Waals surface area (Å²) in [5.41, 5.74) is 0.960. The van der Waals surface area contributed by atoms with Crippen molar-refractivity contribution in [2.24, 2.45) is 0 Å². The van der Waals surface area contributed by atoms with E-state index in [2.05, 4.69) is 5.10 Å². The average Bonchev–Trinajstić information content (AvgIpc) is 3.29. The largest absolute Gasteiger partial charge is 0.496 e. The van der Waals surface area contributed by atoms with Crippen LogP contribution in [-0.2, 0) is 12.7 Å². The van der Waals surface area contributed by atoms with E-state index in [9.17, 15) is 23.1 Å². The molecule has 4 rings (SSSR count). The monoisotopic (exact) mass is 447 g/mol. The van der Waals surface area contributed by atoms with Gasteiger partial charge in [0.1, 0.15) is 17.6 Å². The first-order valence-electron chi connectivity index (χ1n) is 9.67. The van der Waals surface area contributed by atoms with E-state index >= 15 is 0 Å². The number of ether oxygens (including phenoxy) is 2. The highest BCUT2D eigenvalue weighted by Crippen LogP contribution is 2.39. The quantitative estimate of drug-likeness (QED) is 0.662. The van der Waals surface area contributed by atoms with Crippen LogP contribution >= 0.6 is 0 Å². The van der Waals surface area contributed by atoms with Gasteiger partial charge in [0.25, 0.3) is 5.91 Å². The zero-order chi connectivity index (χ0) is 23.0. The topological polar surface area (TPSA) is 76.8 Å². The Kier molecular flexibility index (Phi) is 5.55. The number of alkyl halides is 3. The SMILES string of the molecule is COc1ccc(OC)c2c1CN(C(=O)c1ccc(-n3ccc(C(F)(F)F)n3)cc1)CC2O. The fourth-order valence-corrected chi connectivity index (χ4v) is 3.79. The summed E-state index contributed by atoms with van der Waals surface area (Å²) in [7, 11) is 3.01. The Morgan fingerprint density at radius 2 is 1.72 bits per heavy atom. The van der Waals surface area contributed by atoms with Crippen LogP contribution in [0.15, 0.2) is 48.7 Å². The zero-order valence-corrected chi connectivity index (χ0v) is 17.3. The summed E-state index contributed by atoms with van der Waals surface area (Å²) in [6, 6.07) is 10.3. The van der Waals surface area contributed by atoms with Gasteiger partial charge in [-0.05, 0) is 42.5 Å². The zero-order valence-electron chi connectivity index (χ0n) is 17.3. The molecule has 32 heavy (non-hydrogen) atoms. The van der Waals surface area contributed by atoms with Crippen molar-refractivity contribution in [2.75, 3.05) is 20.8 Å². The Bertz CT molecular complexity index is 1140. The number of aliphatic hydroxyl groups excluding tert-OH is 1. The van der Waals surface area contributed by atoms with Gasteiger partial charge in [0, 0.05) is 22.9 Å². The Labute approximate surface area is 181 Å². The van der Waals surface area contributed by atoms with Gasteiger partial charge in [-0.15, -0.1) is 0 Å². The summed E-state index contributed by atoms with van der Waals surface area (Å²) >= 11 is 0. The third-order valence-corrected chi connectivity index (χ3v) is 5.33. The number of fused-ring (bicyclic) bond motifs is 1. The van der Waals surface area contributed by atoms with E-state index < -0.39 is 18.0 Å². The van der Waals surface area contributed by atoms with Crippen LogP contribution in [-0.4, -0.2) is 46.5 Å². The Balaban J connectivity index is 1.57. The lowest BCUT2D eigenvalue weighted by Gasteiger charge is -2.34. The minimum Gasteiger partial charge on any atom is -0.496 e. The van der Waals surface area contributed by atoms with Crippen molar-refractivity contribution in [3.63, 3.8) is 0 Å². The third kappa shape index (κ3) is 3.89. The van der Waals surface area contributed by atoms with E-state index in [4.69, 9.17) is 9.47 Å². The Hall–Kier alpha value is -3.53. The smallest absolute Gasteiger partial charge is 0.435 e. The molecule has 1 aliphatic rings. The van der Waals surface area contributed by atoms with Crippen molar-refractivity contribution in [2.45, 2.75) is 18.8 Å². The van der Waals surface area contributed by atoms with Crippen molar-refractivity contribution >= 4 is 5.91 Å². The van der Waals surface area contributed by atoms with Gasteiger partial charge in [-0.3, -0.25) is 4.79 Å². The van der Waals surface area contributed by atoms with Crippen LogP contribution in [0.5, 0.6) is 11.5 Å². The number of hydrogen-bond acceptors (Lipinski definition) is 5. The van der Waals surface area contributed by atoms with Gasteiger partial charge in [-0.1, -0.05) is 0 Å². The van der Waals surface area contributed by atoms with Crippen molar-refractivity contribution in [3.8, 4) is 17.2 Å². The maximum atomic E-state index is 13.1. The molecule has 0 saturated carbocycles. The lowest BCUT2D eigenvalue weighted by molar-refractivity contribution is -0.141. The number of methoxy groups -OCH3 is 2. The first kappa shape index (κ1) is 21.7. The maximum absolute atomic E-state index is 13.1. The van der Waals surface area contributed by atoms with Gasteiger partial charge >= 0.3 is 6.18 Å². The molecule has 1 atom stereocenters. The molecule has 0 fully saturated rings. The first-order valence-corrected chi connectivity index (χ1v) is 9.67. The van der Waals surface area contributed by atoms with Gasteiger partial charge < -0.3 is 19.5 Å². The van der Waals surface area contributed by atoms with E-state index in [1.54, 1.807) is 12.1 Å². The standard InChI is InChI=1S/C22H20F3N3O4/c1-31-17-7-8-18(32-2)20-15(17)11-27(12-16(20)29)21(30)13-3-5-14(6-4-13)28-10-9-19(26-28)22(23,24)25/h3-10,16,29H,11-12H2,1-2H3. The number of nitrogens with zero attached hydrogens (tertiary/aromatic N) is 3. The van der Waals surface area contributed by atoms with E-state index in [-0.39, 0.29) is 19.0 Å². The highest BCUT2D eigenvalue weighted by molar-refractivity contribution is 5.94. The van der Waals surface area contributed by atoms with Crippen LogP contribution in [0.25, 0.3) is 5.69 Å². The van der Waals surface area contributed by atoms with E-state index in [1.807, 2.05) is 0 Å². The molecule has 1 amide bonds. The molecule has 1 aliphatic heterocycles. The van der Waals surface area contributed by atoms with Crippen molar-refractivity contribution < 1.29 is 32.5 Å². The number of carbonyl (C=O) groups is 1. The molecule has 168 valence electrons. The number of benzene rings is 2. The minimum absolute atomic E-state index is 0.0607. The Morgan fingerprint density at radius 1 is 1.06 bits per heavy atom. The average molecular weight is 447 g/mol. The molecule has 0 bridgehead atoms. The molecule has 10 heteroatoms. The second kappa shape index (κ2) is 8.19. The summed E-state index contributed by atoms with van der Waals surface area (Å²) in [4.78, 5) is 14.5. The highest BCUT2D eigenvalue weighted by Gasteiger charge is 2.34. The summed E-state index contributed by atoms with van der Waals surface area (Å²) in [6.07, 6.45) is -4.29. The fraction of sp³-hybridized carbons (Fsp3) is 0.273. The molecular weight excluding hydrogens is 427 g/mol. The second-order valence-corrected chi connectivity index (χ2v) is 7.25. The number of amides is 1. The summed E-state index contributed by atoms with van der Waals surface area (Å²) in [5.74, 6) is 0.719. The van der Waals surface area contributed by atoms with Gasteiger partial charge in [0.15, 0.2) is 5.69 Å². The van der Waals surface area contributed by atoms with Crippen molar-refractivity contribution in [3.05, 3.63) is 71.0 Å². The molecule has 1 unspecified atom stereocenters. The minimum atomic E-state index is -4.53. The van der Waals surface area contributed by atoms with Crippen LogP contribution in [0.2, 0.25) is 0 Å². The van der Waals surface area contributed by atoms with Crippen LogP contribution in [0, 0.1) is 0 Å². The van der Waals surface area contributed by atoms with Crippen LogP contribution in [0.1, 0.15) is 33.3 Å². The highest BCUT2D eigenvalue weighted by atomic mass is 19.4. The first-order chi connectivity index (χ1) is 15.2. The summed E-state index contributed by atoms with van der Waals surface area (Å²) < 4.78 is 50.1. The molecule has 1 N–H and O–H groups in total. The number of halogens is 3. The molecular formula is C22H20F3N3O4. The summed E-state index contributed by atoms with van der Waals surface area (Å²) in [5, 5.41) is 14.2. The predicted molar refractivity (Wildman–Crippen MR) is 108 cm³/mol. The number of aromatic nitrogens is 2. The predicted octanol–water partition coefficient (Wildman–Crippen LogP) is 3.60. The lowest BCUT2D eigenvalue weighted by Crippen LogP contribution is -2.38. The third-order valence-electron chi connectivity index (χ3n) is 5.33. The van der Waals surface area contributed by atoms with Gasteiger partial charge in [0.2, 0.25) is 0 Å². The van der Waals surface area contributed by atoms with E-state index in [1.165, 1.54) is 49.6 Å². The maximum Gasteiger partial charge on any atom is 0.435 e. The van der Waals surface area contributed by atoms with Gasteiger partial charge in [-0.2, -0.15) is 18.3 Å². The van der Waals surface area contributed by atoms with E-state index in [0.29, 0.717) is 33.9 Å². The fourth-order valence-electron chi connectivity index (χ4n) is 3.79. The van der Waals surface area contributed by atoms with Gasteiger partial charge in [-0.25, -0.2) is 4.68 Å². The molecule has 2 aromatic carbocycles. The molecule has 2 heterocycles. The molecule has 1 aromatic heterocycles. The Morgan fingerprint density at radius 3 is 2.31 bits per heavy atom. The number of carbonyl (C=O) groups excluding carboxylic acids is 1. The molecule has 0 aliphatic carbocycles. The molecule has 0 saturated heterocycles. The summed E-state index contributed by atoms with van der Waals surface area (Å²) in [6.45, 7) is 0.270. The second-order valence-electron chi connectivity index (χ2n) is 7.25. The van der Waals surface area contributed by atoms with E-state index in [0.717, 1.165) is 10.7 Å². The number of aliphatic hydroxyl groups is 1. The van der Waals surface area contributed by atoms with Crippen molar-refractivity contribution in [1.82, 2.24) is 14.7 Å². The molecule has 3 aromatic rings. The van der Waals surface area contributed by atoms with Gasteiger partial charge in [0.05, 0.1) is 33.0 Å².